The quantitative estimate of drug-likeness (QED) is 0.103. The third-order valence-corrected chi connectivity index (χ3v) is 17.6. The van der Waals surface area contributed by atoms with Gasteiger partial charge >= 0.3 is 0 Å². The number of aliphatic hydroxyl groups excluding tert-OH is 2. The van der Waals surface area contributed by atoms with E-state index in [2.05, 4.69) is 170 Å². The van der Waals surface area contributed by atoms with Crippen molar-refractivity contribution >= 4 is 64.6 Å². The molecule has 0 bridgehead atoms. The van der Waals surface area contributed by atoms with Crippen LogP contribution in [0.25, 0.3) is 75.8 Å². The van der Waals surface area contributed by atoms with Crippen LogP contribution >= 0.6 is 0 Å². The molecule has 2 aliphatic heterocycles. The summed E-state index contributed by atoms with van der Waals surface area (Å²) in [6.45, 7) is 0.141. The Morgan fingerprint density at radius 1 is 0.322 bits per heavy atom. The molecule has 0 spiro atoms. The molecule has 10 nitrogen and oxygen atoms in total. The predicted octanol–water partition coefficient (Wildman–Crippen LogP) is 19.2. The molecule has 0 saturated heterocycles. The van der Waals surface area contributed by atoms with Crippen molar-refractivity contribution in [1.82, 2.24) is 0 Å². The fraction of sp³-hybridized carbons (Fsp3) is 0.100. The average molecular weight is 1180 g/mol. The molecule has 16 rings (SSSR count). The molecule has 0 aromatic heterocycles. The Bertz CT molecular complexity index is 5060. The van der Waals surface area contributed by atoms with E-state index < -0.39 is 0 Å². The van der Waals surface area contributed by atoms with Gasteiger partial charge in [-0.05, 0) is 209 Å². The van der Waals surface area contributed by atoms with Gasteiger partial charge in [-0.15, -0.1) is 0 Å². The number of hydrogen-bond donors (Lipinski definition) is 2. The van der Waals surface area contributed by atoms with Crippen molar-refractivity contribution in [3.63, 3.8) is 0 Å². The highest BCUT2D eigenvalue weighted by atomic mass is 16.5. The maximum Gasteiger partial charge on any atom is 0.140 e. The van der Waals surface area contributed by atoms with E-state index in [1.807, 2.05) is 72.8 Å². The zero-order valence-corrected chi connectivity index (χ0v) is 49.2. The normalized spacial score (nSPS) is 13.3. The first-order valence-corrected chi connectivity index (χ1v) is 30.2. The second kappa shape index (κ2) is 22.6. The maximum absolute atomic E-state index is 9.75. The second-order valence-corrected chi connectivity index (χ2v) is 22.8. The fourth-order valence-electron chi connectivity index (χ4n) is 13.4. The van der Waals surface area contributed by atoms with Crippen LogP contribution in [0.5, 0.6) is 69.0 Å². The minimum absolute atomic E-state index is 0.102. The van der Waals surface area contributed by atoms with E-state index in [0.29, 0.717) is 34.5 Å². The van der Waals surface area contributed by atoms with Crippen molar-refractivity contribution in [2.24, 2.45) is 0 Å². The molecule has 0 radical (unpaired) electrons. The zero-order chi connectivity index (χ0) is 60.4. The lowest BCUT2D eigenvalue weighted by Crippen LogP contribution is -2.14. The molecule has 1 unspecified atom stereocenters. The number of ether oxygens (including phenoxy) is 8. The molecule has 2 aliphatic rings. The van der Waals surface area contributed by atoms with Gasteiger partial charge in [0, 0.05) is 39.7 Å². The molecule has 1 atom stereocenters. The van der Waals surface area contributed by atoms with Gasteiger partial charge in [0.15, 0.2) is 0 Å². The van der Waals surface area contributed by atoms with E-state index in [1.165, 1.54) is 0 Å². The van der Waals surface area contributed by atoms with Gasteiger partial charge in [-0.1, -0.05) is 115 Å². The maximum atomic E-state index is 9.75. The first-order valence-electron chi connectivity index (χ1n) is 30.2. The highest BCUT2D eigenvalue weighted by molar-refractivity contribution is 6.02. The first kappa shape index (κ1) is 54.4. The Morgan fingerprint density at radius 2 is 0.711 bits per heavy atom. The Labute approximate surface area is 518 Å². The molecule has 0 fully saturated rings. The third kappa shape index (κ3) is 9.70. The first-order chi connectivity index (χ1) is 44.3. The smallest absolute Gasteiger partial charge is 0.140 e. The molecule has 14 aromatic rings. The molecule has 10 heteroatoms. The monoisotopic (exact) mass is 1180 g/mol. The highest BCUT2D eigenvalue weighted by Crippen LogP contribution is 2.58. The van der Waals surface area contributed by atoms with Crippen LogP contribution in [0.1, 0.15) is 45.2 Å². The minimum atomic E-state index is -0.331. The largest absolute Gasteiger partial charge is 0.497 e. The van der Waals surface area contributed by atoms with E-state index >= 15 is 0 Å². The lowest BCUT2D eigenvalue weighted by molar-refractivity contribution is 0.201. The van der Waals surface area contributed by atoms with Crippen LogP contribution in [0, 0.1) is 0 Å². The summed E-state index contributed by atoms with van der Waals surface area (Å²) in [5.74, 6) is 7.95. The summed E-state index contributed by atoms with van der Waals surface area (Å²) >= 11 is 0. The van der Waals surface area contributed by atoms with E-state index in [-0.39, 0.29) is 38.3 Å². The van der Waals surface area contributed by atoms with Crippen molar-refractivity contribution in [3.8, 4) is 80.1 Å². The Morgan fingerprint density at radius 3 is 1.24 bits per heavy atom. The van der Waals surface area contributed by atoms with Crippen LogP contribution in [-0.4, -0.2) is 50.9 Å². The molecule has 0 aliphatic carbocycles. The number of benzene rings is 14. The van der Waals surface area contributed by atoms with Crippen molar-refractivity contribution in [1.29, 1.82) is 0 Å². The van der Waals surface area contributed by atoms with E-state index in [1.54, 1.807) is 14.2 Å². The summed E-state index contributed by atoms with van der Waals surface area (Å²) < 4.78 is 50.7. The van der Waals surface area contributed by atoms with Crippen LogP contribution in [0.4, 0.5) is 0 Å². The summed E-state index contributed by atoms with van der Waals surface area (Å²) in [5, 5.41) is 32.0. The number of methoxy groups -OCH3 is 2. The molecular formula is C80H58O10. The summed E-state index contributed by atoms with van der Waals surface area (Å²) in [6.07, 6.45) is 0. The molecular weight excluding hydrogens is 1120 g/mol. The molecule has 90 heavy (non-hydrogen) atoms. The lowest BCUT2D eigenvalue weighted by Gasteiger charge is -2.33. The highest BCUT2D eigenvalue weighted by Gasteiger charge is 2.36. The summed E-state index contributed by atoms with van der Waals surface area (Å²) in [5.41, 5.74) is 8.18. The van der Waals surface area contributed by atoms with Gasteiger partial charge in [-0.25, -0.2) is 0 Å². The van der Waals surface area contributed by atoms with Gasteiger partial charge in [0.2, 0.25) is 0 Å². The number of aliphatic hydroxyl groups is 2. The number of hydrogen-bond acceptors (Lipinski definition) is 10. The molecule has 438 valence electrons. The van der Waals surface area contributed by atoms with Crippen molar-refractivity contribution in [2.75, 3.05) is 40.6 Å². The van der Waals surface area contributed by atoms with Gasteiger partial charge in [0.1, 0.15) is 82.2 Å². The minimum Gasteiger partial charge on any atom is -0.497 e. The molecule has 2 N–H and O–H groups in total. The number of rotatable bonds is 15. The summed E-state index contributed by atoms with van der Waals surface area (Å²) in [4.78, 5) is 0. The van der Waals surface area contributed by atoms with Gasteiger partial charge < -0.3 is 48.1 Å². The van der Waals surface area contributed by atoms with E-state index in [0.717, 1.165) is 144 Å². The van der Waals surface area contributed by atoms with Crippen LogP contribution in [0.3, 0.4) is 0 Å². The van der Waals surface area contributed by atoms with Crippen LogP contribution in [0.2, 0.25) is 0 Å². The zero-order valence-electron chi connectivity index (χ0n) is 49.2. The van der Waals surface area contributed by atoms with Crippen LogP contribution < -0.4 is 37.9 Å². The van der Waals surface area contributed by atoms with Gasteiger partial charge in [-0.2, -0.15) is 0 Å². The number of fused-ring (bicyclic) bond motifs is 14. The Kier molecular flexibility index (Phi) is 13.6. The third-order valence-electron chi connectivity index (χ3n) is 17.6. The van der Waals surface area contributed by atoms with Gasteiger partial charge in [-0.3, -0.25) is 0 Å². The lowest BCUT2D eigenvalue weighted by atomic mass is 9.76. The topological polar surface area (TPSA) is 114 Å². The predicted molar refractivity (Wildman–Crippen MR) is 356 cm³/mol. The molecule has 0 saturated carbocycles. The second-order valence-electron chi connectivity index (χ2n) is 22.8. The standard InChI is InChI=1S/C80H58O10/c1-83-58-24-28-60(29-25-58)87-64-22-15-50-19-34-73-78(68(50)45-64)75(57-11-7-47-5-3-4-6-51(47)40-57)79-69-46-65(88-61-30-26-59(84-2)27-31-61)23-16-55(69)42-70(80(79)90-73)54-10-8-53-41-56(12-9-52(53)39-54)74-76-66-43-62(85-37-35-81)20-13-48(66)17-32-71(76)89-72-33-18-49-14-21-63(86-38-36-82)44-67(49)77(72)74/h3-34,39-46,74-75,81-82H,35-38H2,1-2H3. The summed E-state index contributed by atoms with van der Waals surface area (Å²) in [7, 11) is 3.32. The average Bonchev–Trinajstić information content (AvgIpc) is 0.736. The van der Waals surface area contributed by atoms with Crippen molar-refractivity contribution in [3.05, 3.63) is 276 Å². The molecule has 2 heterocycles. The van der Waals surface area contributed by atoms with E-state index in [9.17, 15) is 10.2 Å². The van der Waals surface area contributed by atoms with Gasteiger partial charge in [0.05, 0.1) is 27.4 Å². The van der Waals surface area contributed by atoms with Crippen LogP contribution in [0.15, 0.2) is 243 Å². The van der Waals surface area contributed by atoms with Crippen molar-refractivity contribution in [2.45, 2.75) is 11.8 Å². The fourth-order valence-corrected chi connectivity index (χ4v) is 13.4. The van der Waals surface area contributed by atoms with E-state index in [4.69, 9.17) is 37.9 Å². The molecule has 14 aromatic carbocycles. The van der Waals surface area contributed by atoms with Crippen LogP contribution in [-0.2, 0) is 0 Å². The Balaban J connectivity index is 0.886. The van der Waals surface area contributed by atoms with Gasteiger partial charge in [0.25, 0.3) is 0 Å². The van der Waals surface area contributed by atoms with Crippen molar-refractivity contribution < 1.29 is 48.1 Å². The Hall–Kier alpha value is -11.0. The molecule has 0 amide bonds. The summed E-state index contributed by atoms with van der Waals surface area (Å²) in [6, 6.07) is 83.7. The SMILES string of the molecule is COc1ccc(Oc2ccc3ccc4c(c3c2)C(c2ccc3ccccc3c2)c2c(c(-c3ccc5cc(C6c7c(ccc8ccc(OCCO)cc78)Oc7ccc8ccc(OCCO)cc8c76)ccc5c3)cc3ccc(Oc5ccc(OC)cc5)cc23)O4)cc1.